The van der Waals surface area contributed by atoms with Gasteiger partial charge >= 0.3 is 0 Å². The molecule has 6 heteroatoms. The molecule has 0 bridgehead atoms. The minimum atomic E-state index is 0.271. The fraction of sp³-hybridized carbons (Fsp3) is 0.333. The van der Waals surface area contributed by atoms with Gasteiger partial charge in [-0.2, -0.15) is 5.10 Å². The predicted octanol–water partition coefficient (Wildman–Crippen LogP) is 2.11. The molecule has 0 amide bonds. The van der Waals surface area contributed by atoms with Crippen molar-refractivity contribution in [3.8, 4) is 17.2 Å². The largest absolute Gasteiger partial charge is 0.376 e. The number of aryl methyl sites for hydroxylation is 1. The minimum Gasteiger partial charge on any atom is -0.376 e. The van der Waals surface area contributed by atoms with Gasteiger partial charge in [-0.1, -0.05) is 18.2 Å². The number of imidazole rings is 1. The number of benzene rings is 1. The third-order valence-corrected chi connectivity index (χ3v) is 4.28. The fourth-order valence-electron chi connectivity index (χ4n) is 3.06. The third-order valence-electron chi connectivity index (χ3n) is 4.28. The molecule has 1 atom stereocenters. The van der Waals surface area contributed by atoms with Crippen molar-refractivity contribution >= 4 is 0 Å². The van der Waals surface area contributed by atoms with E-state index in [1.807, 2.05) is 59.7 Å². The molecule has 4 rings (SSSR count). The van der Waals surface area contributed by atoms with Crippen LogP contribution >= 0.6 is 0 Å². The molecule has 2 aromatic heterocycles. The summed E-state index contributed by atoms with van der Waals surface area (Å²) in [7, 11) is 0. The number of nitrogens with zero attached hydrogens (tertiary/aromatic N) is 4. The van der Waals surface area contributed by atoms with Gasteiger partial charge < -0.3 is 14.6 Å². The summed E-state index contributed by atoms with van der Waals surface area (Å²) in [6.45, 7) is 3.54. The maximum Gasteiger partial charge on any atom is 0.158 e. The Kier molecular flexibility index (Phi) is 4.40. The van der Waals surface area contributed by atoms with Crippen molar-refractivity contribution in [1.82, 2.24) is 24.6 Å². The molecule has 6 nitrogen and oxygen atoms in total. The van der Waals surface area contributed by atoms with Crippen LogP contribution in [-0.4, -0.2) is 45.1 Å². The van der Waals surface area contributed by atoms with Crippen LogP contribution in [0.2, 0.25) is 0 Å². The normalized spacial score (nSPS) is 17.9. The monoisotopic (exact) mass is 323 g/mol. The molecule has 1 aliphatic heterocycles. The third kappa shape index (κ3) is 3.11. The summed E-state index contributed by atoms with van der Waals surface area (Å²) in [5.74, 6) is 0.931. The first-order chi connectivity index (χ1) is 11.9. The zero-order chi connectivity index (χ0) is 16.2. The Hall–Kier alpha value is -2.44. The van der Waals surface area contributed by atoms with Gasteiger partial charge in [-0.25, -0.2) is 9.67 Å². The van der Waals surface area contributed by atoms with Gasteiger partial charge in [-0.15, -0.1) is 0 Å². The Morgan fingerprint density at radius 3 is 2.92 bits per heavy atom. The van der Waals surface area contributed by atoms with Gasteiger partial charge in [0.25, 0.3) is 0 Å². The molecule has 1 unspecified atom stereocenters. The van der Waals surface area contributed by atoms with E-state index >= 15 is 0 Å². The molecule has 124 valence electrons. The van der Waals surface area contributed by atoms with Crippen LogP contribution in [0.1, 0.15) is 6.42 Å². The lowest BCUT2D eigenvalue weighted by Crippen LogP contribution is -2.38. The van der Waals surface area contributed by atoms with E-state index in [4.69, 9.17) is 4.74 Å². The molecule has 0 radical (unpaired) electrons. The highest BCUT2D eigenvalue weighted by Crippen LogP contribution is 2.21. The van der Waals surface area contributed by atoms with Crippen LogP contribution in [0.5, 0.6) is 0 Å². The van der Waals surface area contributed by atoms with Crippen molar-refractivity contribution in [3.63, 3.8) is 0 Å². The predicted molar refractivity (Wildman–Crippen MR) is 92.0 cm³/mol. The molecule has 24 heavy (non-hydrogen) atoms. The van der Waals surface area contributed by atoms with Crippen LogP contribution in [0.3, 0.4) is 0 Å². The first-order valence-corrected chi connectivity index (χ1v) is 8.35. The van der Waals surface area contributed by atoms with Crippen molar-refractivity contribution in [2.45, 2.75) is 19.1 Å². The SMILES string of the molecule is c1ccc(-n2nccc2-c2nccn2CCC2CNCCO2)cc1. The number of morpholine rings is 1. The fourth-order valence-corrected chi connectivity index (χ4v) is 3.06. The summed E-state index contributed by atoms with van der Waals surface area (Å²) in [6.07, 6.45) is 6.92. The first-order valence-electron chi connectivity index (χ1n) is 8.35. The van der Waals surface area contributed by atoms with E-state index in [-0.39, 0.29) is 6.10 Å². The molecule has 0 spiro atoms. The standard InChI is InChI=1S/C18H21N5O/c1-2-4-15(5-3-1)23-17(6-8-21-23)18-20-9-12-22(18)11-7-16-14-19-10-13-24-16/h1-6,8-9,12,16,19H,7,10-11,13-14H2. The van der Waals surface area contributed by atoms with Gasteiger partial charge in [-0.3, -0.25) is 0 Å². The average Bonchev–Trinajstić information content (AvgIpc) is 3.30. The van der Waals surface area contributed by atoms with E-state index in [1.165, 1.54) is 0 Å². The van der Waals surface area contributed by atoms with Crippen molar-refractivity contribution in [3.05, 3.63) is 55.0 Å². The van der Waals surface area contributed by atoms with E-state index in [2.05, 4.69) is 20.0 Å². The minimum absolute atomic E-state index is 0.271. The zero-order valence-electron chi connectivity index (χ0n) is 13.5. The van der Waals surface area contributed by atoms with E-state index in [0.29, 0.717) is 0 Å². The molecule has 0 aliphatic carbocycles. The van der Waals surface area contributed by atoms with Crippen LogP contribution in [0.25, 0.3) is 17.2 Å². The Bertz CT molecular complexity index is 774. The van der Waals surface area contributed by atoms with Crippen molar-refractivity contribution < 1.29 is 4.74 Å². The number of nitrogens with one attached hydrogen (secondary N) is 1. The highest BCUT2D eigenvalue weighted by molar-refractivity contribution is 5.54. The van der Waals surface area contributed by atoms with E-state index < -0.39 is 0 Å². The molecule has 0 saturated carbocycles. The van der Waals surface area contributed by atoms with Gasteiger partial charge in [0.2, 0.25) is 0 Å². The Labute approximate surface area is 141 Å². The lowest BCUT2D eigenvalue weighted by atomic mass is 10.2. The maximum absolute atomic E-state index is 5.79. The van der Waals surface area contributed by atoms with Crippen LogP contribution < -0.4 is 5.32 Å². The summed E-state index contributed by atoms with van der Waals surface area (Å²) in [6, 6.07) is 12.1. The smallest absolute Gasteiger partial charge is 0.158 e. The Morgan fingerprint density at radius 1 is 1.17 bits per heavy atom. The van der Waals surface area contributed by atoms with Gasteiger partial charge in [0.15, 0.2) is 5.82 Å². The summed E-state index contributed by atoms with van der Waals surface area (Å²) < 4.78 is 9.89. The van der Waals surface area contributed by atoms with Gasteiger partial charge in [-0.05, 0) is 24.6 Å². The quantitative estimate of drug-likeness (QED) is 0.781. The molecule has 3 heterocycles. The molecule has 3 aromatic rings. The van der Waals surface area contributed by atoms with E-state index in [1.54, 1.807) is 0 Å². The van der Waals surface area contributed by atoms with Crippen LogP contribution in [0.4, 0.5) is 0 Å². The van der Waals surface area contributed by atoms with Crippen molar-refractivity contribution in [2.24, 2.45) is 0 Å². The maximum atomic E-state index is 5.79. The lowest BCUT2D eigenvalue weighted by Gasteiger charge is -2.23. The lowest BCUT2D eigenvalue weighted by molar-refractivity contribution is 0.0211. The first kappa shape index (κ1) is 15.1. The summed E-state index contributed by atoms with van der Waals surface area (Å²) in [4.78, 5) is 4.55. The molecule has 1 fully saturated rings. The van der Waals surface area contributed by atoms with E-state index in [0.717, 1.165) is 49.9 Å². The topological polar surface area (TPSA) is 56.9 Å². The second-order valence-corrected chi connectivity index (χ2v) is 5.89. The highest BCUT2D eigenvalue weighted by atomic mass is 16.5. The average molecular weight is 323 g/mol. The number of rotatable bonds is 5. The van der Waals surface area contributed by atoms with Crippen molar-refractivity contribution in [1.29, 1.82) is 0 Å². The van der Waals surface area contributed by atoms with Crippen LogP contribution in [0.15, 0.2) is 55.0 Å². The molecular weight excluding hydrogens is 302 g/mol. The number of hydrogen-bond donors (Lipinski definition) is 1. The molecule has 1 N–H and O–H groups in total. The number of aromatic nitrogens is 4. The Balaban J connectivity index is 1.56. The van der Waals surface area contributed by atoms with Gasteiger partial charge in [0, 0.05) is 32.0 Å². The summed E-state index contributed by atoms with van der Waals surface area (Å²) >= 11 is 0. The van der Waals surface area contributed by atoms with Crippen LogP contribution in [0, 0.1) is 0 Å². The number of hydrogen-bond acceptors (Lipinski definition) is 4. The van der Waals surface area contributed by atoms with Gasteiger partial charge in [0.1, 0.15) is 5.69 Å². The highest BCUT2D eigenvalue weighted by Gasteiger charge is 2.16. The Morgan fingerprint density at radius 2 is 2.08 bits per heavy atom. The molecule has 1 aliphatic rings. The number of para-hydroxylation sites is 1. The van der Waals surface area contributed by atoms with Crippen molar-refractivity contribution in [2.75, 3.05) is 19.7 Å². The molecule has 1 saturated heterocycles. The summed E-state index contributed by atoms with van der Waals surface area (Å²) in [5, 5.41) is 7.84. The molecular formula is C18H21N5O. The van der Waals surface area contributed by atoms with Gasteiger partial charge in [0.05, 0.1) is 24.6 Å². The van der Waals surface area contributed by atoms with Crippen LogP contribution in [-0.2, 0) is 11.3 Å². The second-order valence-electron chi connectivity index (χ2n) is 5.89. The van der Waals surface area contributed by atoms with E-state index in [9.17, 15) is 0 Å². The summed E-state index contributed by atoms with van der Waals surface area (Å²) in [5.41, 5.74) is 2.03. The number of ether oxygens (including phenoxy) is 1. The molecule has 1 aromatic carbocycles. The second kappa shape index (κ2) is 6.98. The zero-order valence-corrected chi connectivity index (χ0v) is 13.5.